The van der Waals surface area contributed by atoms with Gasteiger partial charge in [-0.3, -0.25) is 0 Å². The Labute approximate surface area is 116 Å². The van der Waals surface area contributed by atoms with E-state index in [-0.39, 0.29) is 6.61 Å². The summed E-state index contributed by atoms with van der Waals surface area (Å²) >= 11 is 6.08. The van der Waals surface area contributed by atoms with Crippen LogP contribution >= 0.6 is 11.6 Å². The van der Waals surface area contributed by atoms with Gasteiger partial charge < -0.3 is 19.7 Å². The number of para-hydroxylation sites is 1. The highest BCUT2D eigenvalue weighted by molar-refractivity contribution is 6.32. The first-order chi connectivity index (χ1) is 9.24. The van der Waals surface area contributed by atoms with Gasteiger partial charge in [-0.15, -0.1) is 0 Å². The molecule has 0 atom stereocenters. The molecule has 102 valence electrons. The molecule has 0 aliphatic carbocycles. The molecule has 6 heteroatoms. The fourth-order valence-electron chi connectivity index (χ4n) is 1.66. The Morgan fingerprint density at radius 3 is 2.95 bits per heavy atom. The summed E-state index contributed by atoms with van der Waals surface area (Å²) in [5.41, 5.74) is 7.17. The minimum absolute atomic E-state index is 0.268. The van der Waals surface area contributed by atoms with Crippen molar-refractivity contribution in [2.45, 2.75) is 19.8 Å². The minimum Gasteiger partial charge on any atom is -0.485 e. The predicted octanol–water partition coefficient (Wildman–Crippen LogP) is 2.51. The molecule has 5 nitrogen and oxygen atoms in total. The first-order valence-corrected chi connectivity index (χ1v) is 6.16. The number of benzene rings is 1. The average Bonchev–Trinajstić information content (AvgIpc) is 2.85. The van der Waals surface area contributed by atoms with E-state index in [4.69, 9.17) is 31.3 Å². The number of halogens is 1. The average molecular weight is 283 g/mol. The summed E-state index contributed by atoms with van der Waals surface area (Å²) in [6.45, 7) is 1.01. The highest BCUT2D eigenvalue weighted by atomic mass is 35.5. The Bertz CT molecular complexity index is 542. The molecule has 1 heterocycles. The Balaban J connectivity index is 2.05. The highest BCUT2D eigenvalue weighted by Crippen LogP contribution is 2.29. The minimum atomic E-state index is 0.268. The molecule has 19 heavy (non-hydrogen) atoms. The lowest BCUT2D eigenvalue weighted by Gasteiger charge is -2.10. The van der Waals surface area contributed by atoms with Gasteiger partial charge in [-0.05, 0) is 6.07 Å². The molecule has 2 rings (SSSR count). The largest absolute Gasteiger partial charge is 0.485 e. The fraction of sp³-hybridized carbons (Fsp3) is 0.308. The predicted molar refractivity (Wildman–Crippen MR) is 70.9 cm³/mol. The molecule has 2 N–H and O–H groups in total. The Morgan fingerprint density at radius 2 is 2.21 bits per heavy atom. The molecule has 1 aromatic heterocycles. The number of ether oxygens (including phenoxy) is 2. The van der Waals surface area contributed by atoms with Crippen molar-refractivity contribution in [2.75, 3.05) is 7.11 Å². The molecular formula is C13H15ClN2O3. The standard InChI is InChI=1S/C13H15ClN2O3/c1-17-8-11-5-10(16-19-11)7-18-13-9(6-15)3-2-4-12(13)14/h2-5H,6-8,15H2,1H3. The summed E-state index contributed by atoms with van der Waals surface area (Å²) in [6, 6.07) is 7.25. The molecule has 0 spiro atoms. The van der Waals surface area contributed by atoms with E-state index < -0.39 is 0 Å². The summed E-state index contributed by atoms with van der Waals surface area (Å²) < 4.78 is 15.7. The molecule has 2 aromatic rings. The van der Waals surface area contributed by atoms with E-state index in [1.165, 1.54) is 0 Å². The highest BCUT2D eigenvalue weighted by Gasteiger charge is 2.09. The molecule has 0 saturated heterocycles. The summed E-state index contributed by atoms with van der Waals surface area (Å²) in [5, 5.41) is 4.41. The number of rotatable bonds is 6. The van der Waals surface area contributed by atoms with Crippen molar-refractivity contribution >= 4 is 11.6 Å². The van der Waals surface area contributed by atoms with Crippen LogP contribution in [0, 0.1) is 0 Å². The molecule has 0 amide bonds. The van der Waals surface area contributed by atoms with E-state index >= 15 is 0 Å². The molecule has 0 unspecified atom stereocenters. The number of hydrogen-bond acceptors (Lipinski definition) is 5. The van der Waals surface area contributed by atoms with Gasteiger partial charge in [0.15, 0.2) is 5.76 Å². The normalized spacial score (nSPS) is 10.7. The van der Waals surface area contributed by atoms with Gasteiger partial charge in [0.25, 0.3) is 0 Å². The van der Waals surface area contributed by atoms with Crippen molar-refractivity contribution in [3.63, 3.8) is 0 Å². The summed E-state index contributed by atoms with van der Waals surface area (Å²) in [4.78, 5) is 0. The third-order valence-corrected chi connectivity index (χ3v) is 2.82. The van der Waals surface area contributed by atoms with E-state index in [9.17, 15) is 0 Å². The van der Waals surface area contributed by atoms with Crippen LogP contribution in [0.15, 0.2) is 28.8 Å². The van der Waals surface area contributed by atoms with Crippen LogP contribution in [0.1, 0.15) is 17.0 Å². The molecule has 0 bridgehead atoms. The van der Waals surface area contributed by atoms with Crippen LogP contribution < -0.4 is 10.5 Å². The Kier molecular flexibility index (Phi) is 4.79. The van der Waals surface area contributed by atoms with E-state index in [0.29, 0.717) is 35.4 Å². The number of aromatic nitrogens is 1. The van der Waals surface area contributed by atoms with Gasteiger partial charge in [-0.25, -0.2) is 0 Å². The van der Waals surface area contributed by atoms with Gasteiger partial charge in [0, 0.05) is 25.3 Å². The number of nitrogens with two attached hydrogens (primary N) is 1. The van der Waals surface area contributed by atoms with Gasteiger partial charge in [0.2, 0.25) is 0 Å². The van der Waals surface area contributed by atoms with Crippen molar-refractivity contribution in [1.29, 1.82) is 0 Å². The molecule has 0 aliphatic rings. The number of hydrogen-bond donors (Lipinski definition) is 1. The number of methoxy groups -OCH3 is 1. The van der Waals surface area contributed by atoms with Crippen LogP contribution in [0.2, 0.25) is 5.02 Å². The van der Waals surface area contributed by atoms with Crippen LogP contribution in [0.25, 0.3) is 0 Å². The van der Waals surface area contributed by atoms with E-state index in [1.807, 2.05) is 12.1 Å². The first-order valence-electron chi connectivity index (χ1n) is 5.78. The third-order valence-electron chi connectivity index (χ3n) is 2.53. The van der Waals surface area contributed by atoms with Crippen LogP contribution in [0.5, 0.6) is 5.75 Å². The van der Waals surface area contributed by atoms with Gasteiger partial charge in [-0.2, -0.15) is 0 Å². The third kappa shape index (κ3) is 3.47. The Hall–Kier alpha value is -1.56. The first kappa shape index (κ1) is 13.9. The van der Waals surface area contributed by atoms with E-state index in [1.54, 1.807) is 19.2 Å². The molecule has 1 aromatic carbocycles. The molecule has 0 radical (unpaired) electrons. The maximum atomic E-state index is 6.08. The van der Waals surface area contributed by atoms with Crippen LogP contribution in [-0.4, -0.2) is 12.3 Å². The SMILES string of the molecule is COCc1cc(COc2c(Cl)cccc2CN)no1. The maximum absolute atomic E-state index is 6.08. The zero-order valence-corrected chi connectivity index (χ0v) is 11.3. The summed E-state index contributed by atoms with van der Waals surface area (Å²) in [7, 11) is 1.59. The number of nitrogens with zero attached hydrogens (tertiary/aromatic N) is 1. The smallest absolute Gasteiger partial charge is 0.162 e. The van der Waals surface area contributed by atoms with Crippen LogP contribution in [0.4, 0.5) is 0 Å². The zero-order chi connectivity index (χ0) is 13.7. The van der Waals surface area contributed by atoms with Crippen LogP contribution in [-0.2, 0) is 24.5 Å². The summed E-state index contributed by atoms with van der Waals surface area (Å²) in [6.07, 6.45) is 0. The molecular weight excluding hydrogens is 268 g/mol. The quantitative estimate of drug-likeness (QED) is 0.881. The lowest BCUT2D eigenvalue weighted by Crippen LogP contribution is -2.03. The second kappa shape index (κ2) is 6.56. The van der Waals surface area contributed by atoms with Crippen molar-refractivity contribution in [3.8, 4) is 5.75 Å². The van der Waals surface area contributed by atoms with E-state index in [2.05, 4.69) is 5.16 Å². The van der Waals surface area contributed by atoms with Crippen molar-refractivity contribution < 1.29 is 14.0 Å². The van der Waals surface area contributed by atoms with Crippen molar-refractivity contribution in [3.05, 3.63) is 46.3 Å². The Morgan fingerprint density at radius 1 is 1.37 bits per heavy atom. The topological polar surface area (TPSA) is 70.5 Å². The van der Waals surface area contributed by atoms with Gasteiger partial charge >= 0.3 is 0 Å². The van der Waals surface area contributed by atoms with Crippen molar-refractivity contribution in [1.82, 2.24) is 5.16 Å². The molecule has 0 fully saturated rings. The second-order valence-corrected chi connectivity index (χ2v) is 4.35. The lowest BCUT2D eigenvalue weighted by molar-refractivity contribution is 0.155. The van der Waals surface area contributed by atoms with E-state index in [0.717, 1.165) is 5.56 Å². The lowest BCUT2D eigenvalue weighted by atomic mass is 10.2. The van der Waals surface area contributed by atoms with Gasteiger partial charge in [0.1, 0.15) is 24.7 Å². The molecule has 0 aliphatic heterocycles. The zero-order valence-electron chi connectivity index (χ0n) is 10.6. The monoisotopic (exact) mass is 282 g/mol. The van der Waals surface area contributed by atoms with Crippen LogP contribution in [0.3, 0.4) is 0 Å². The summed E-state index contributed by atoms with van der Waals surface area (Å²) in [5.74, 6) is 1.24. The van der Waals surface area contributed by atoms with Gasteiger partial charge in [0.05, 0.1) is 5.02 Å². The van der Waals surface area contributed by atoms with Gasteiger partial charge in [-0.1, -0.05) is 28.9 Å². The fourth-order valence-corrected chi connectivity index (χ4v) is 1.90. The molecule has 0 saturated carbocycles. The second-order valence-electron chi connectivity index (χ2n) is 3.94. The van der Waals surface area contributed by atoms with Crippen molar-refractivity contribution in [2.24, 2.45) is 5.73 Å². The maximum Gasteiger partial charge on any atom is 0.162 e.